The maximum atomic E-state index is 11.8. The van der Waals surface area contributed by atoms with Crippen molar-refractivity contribution in [3.05, 3.63) is 337 Å². The second-order valence-electron chi connectivity index (χ2n) is 27.1. The molecule has 12 aromatic carbocycles. The quantitative estimate of drug-likeness (QED) is 0.0303. The average Bonchev–Trinajstić information content (AvgIpc) is 0.841. The Morgan fingerprint density at radius 1 is 0.255 bits per heavy atom. The highest BCUT2D eigenvalue weighted by Gasteiger charge is 2.34. The summed E-state index contributed by atoms with van der Waals surface area (Å²) in [6.07, 6.45) is 0. The lowest BCUT2D eigenvalue weighted by Crippen LogP contribution is -2.17. The van der Waals surface area contributed by atoms with Gasteiger partial charge in [-0.15, -0.1) is 0 Å². The lowest BCUT2D eigenvalue weighted by molar-refractivity contribution is -0.134. The molecule has 0 N–H and O–H groups in total. The normalized spacial score (nSPS) is 13.0. The molecule has 7 unspecified atom stereocenters. The van der Waals surface area contributed by atoms with Gasteiger partial charge in [-0.2, -0.15) is 0 Å². The Balaban J connectivity index is 0.000000169. The summed E-state index contributed by atoms with van der Waals surface area (Å²) in [5.74, 6) is 1.58. The van der Waals surface area contributed by atoms with Gasteiger partial charge in [0.15, 0.2) is 58.7 Å². The molecule has 12 rings (SSSR count). The van der Waals surface area contributed by atoms with E-state index in [1.807, 2.05) is 103 Å². The Bertz CT molecular complexity index is 4810. The highest BCUT2D eigenvalue weighted by Crippen LogP contribution is 2.38. The second kappa shape index (κ2) is 41.9. The van der Waals surface area contributed by atoms with Gasteiger partial charge >= 0.3 is 23.9 Å². The van der Waals surface area contributed by atoms with Crippen molar-refractivity contribution in [2.24, 2.45) is 0 Å². The van der Waals surface area contributed by atoms with Crippen LogP contribution in [0.4, 0.5) is 0 Å². The molecule has 0 aliphatic carbocycles. The van der Waals surface area contributed by atoms with Gasteiger partial charge in [-0.05, 0) is 265 Å². The Labute approximate surface area is 695 Å². The van der Waals surface area contributed by atoms with Gasteiger partial charge in [0.1, 0.15) is 42.3 Å². The summed E-state index contributed by atoms with van der Waals surface area (Å²) >= 11 is 12.9. The predicted octanol–water partition coefficient (Wildman–Crippen LogP) is 25.2. The monoisotopic (exact) mass is 1790 g/mol. The Morgan fingerprint density at radius 2 is 0.427 bits per heavy atom. The molecule has 0 saturated heterocycles. The van der Waals surface area contributed by atoms with Crippen LogP contribution in [0, 0.1) is 20.8 Å². The molecule has 0 saturated carbocycles. The molecular weight excluding hydrogens is 1700 g/mol. The summed E-state index contributed by atoms with van der Waals surface area (Å²) in [5.41, 5.74) is 6.53. The molecule has 8 nitrogen and oxygen atoms in total. The van der Waals surface area contributed by atoms with Crippen LogP contribution < -0.4 is 18.9 Å². The number of hydrogen-bond donors (Lipinski definition) is 0. The van der Waals surface area contributed by atoms with Gasteiger partial charge in [-0.1, -0.05) is 230 Å². The molecule has 0 fully saturated rings. The number of ether oxygens (including phenoxy) is 4. The maximum absolute atomic E-state index is 11.8. The maximum Gasteiger partial charge on any atom is 0.324 e. The van der Waals surface area contributed by atoms with Crippen LogP contribution >= 0.6 is 63.7 Å². The van der Waals surface area contributed by atoms with Crippen molar-refractivity contribution in [2.45, 2.75) is 172 Å². The van der Waals surface area contributed by atoms with E-state index < -0.39 is 0 Å². The molecule has 0 aromatic heterocycles. The van der Waals surface area contributed by atoms with Crippen molar-refractivity contribution < 1.29 is 38.1 Å². The number of alkyl halides is 4. The lowest BCUT2D eigenvalue weighted by Gasteiger charge is -2.19. The van der Waals surface area contributed by atoms with Gasteiger partial charge in [0, 0.05) is 0 Å². The largest absolute Gasteiger partial charge is 0.426 e. The molecule has 16 heteroatoms. The van der Waals surface area contributed by atoms with E-state index in [4.69, 9.17) is 18.9 Å². The zero-order valence-corrected chi connectivity index (χ0v) is 73.4. The fourth-order valence-electron chi connectivity index (χ4n) is 10.8. The van der Waals surface area contributed by atoms with E-state index in [2.05, 4.69) is 325 Å². The predicted molar refractivity (Wildman–Crippen MR) is 469 cm³/mol. The van der Waals surface area contributed by atoms with Gasteiger partial charge in [0.2, 0.25) is 0 Å². The smallest absolute Gasteiger partial charge is 0.324 e. The van der Waals surface area contributed by atoms with Crippen LogP contribution in [-0.2, 0) is 68.2 Å². The van der Waals surface area contributed by atoms with E-state index in [0.29, 0.717) is 28.9 Å². The van der Waals surface area contributed by atoms with Gasteiger partial charge in [0.25, 0.3) is 0 Å². The van der Waals surface area contributed by atoms with Crippen LogP contribution in [0.15, 0.2) is 368 Å². The number of aryl methyl sites for hydroxylation is 3. The first-order valence-electron chi connectivity index (χ1n) is 36.1. The first-order chi connectivity index (χ1) is 52.7. The first kappa shape index (κ1) is 85.8. The molecule has 0 spiro atoms. The minimum absolute atomic E-state index is 0.127. The van der Waals surface area contributed by atoms with Crippen LogP contribution in [0.2, 0.25) is 0 Å². The molecule has 110 heavy (non-hydrogen) atoms. The lowest BCUT2D eigenvalue weighted by atomic mass is 9.87. The topological polar surface area (TPSA) is 105 Å². The van der Waals surface area contributed by atoms with Crippen molar-refractivity contribution in [3.63, 3.8) is 0 Å². The zero-order valence-electron chi connectivity index (χ0n) is 63.7. The third kappa shape index (κ3) is 25.4. The number of rotatable bonds is 21. The van der Waals surface area contributed by atoms with E-state index in [9.17, 15) is 19.2 Å². The Hall–Kier alpha value is -8.16. The van der Waals surface area contributed by atoms with Crippen molar-refractivity contribution in [1.29, 1.82) is 0 Å². The minimum atomic E-state index is -0.331. The van der Waals surface area contributed by atoms with Crippen molar-refractivity contribution >= 4 is 131 Å². The van der Waals surface area contributed by atoms with Crippen LogP contribution in [0.5, 0.6) is 23.0 Å². The zero-order chi connectivity index (χ0) is 79.0. The molecule has 12 aromatic rings. The van der Waals surface area contributed by atoms with Gasteiger partial charge in [0.05, 0.1) is 43.6 Å². The molecule has 0 radical (unpaired) electrons. The summed E-state index contributed by atoms with van der Waals surface area (Å²) in [4.78, 5) is 60.7. The number of carbonyl (C=O) groups is 4. The molecular formula is C94H92Br4O8S4+4. The number of benzene rings is 12. The summed E-state index contributed by atoms with van der Waals surface area (Å²) in [5, 5.41) is 0. The highest BCUT2D eigenvalue weighted by molar-refractivity contribution is 9.10. The second-order valence-corrected chi connectivity index (χ2v) is 40.7. The molecule has 0 amide bonds. The van der Waals surface area contributed by atoms with Gasteiger partial charge in [-0.25, -0.2) is 0 Å². The van der Waals surface area contributed by atoms with E-state index in [1.165, 1.54) is 86.6 Å². The fraction of sp³-hybridized carbons (Fsp3) is 0.191. The molecule has 0 heterocycles. The van der Waals surface area contributed by atoms with Crippen molar-refractivity contribution in [3.8, 4) is 23.0 Å². The van der Waals surface area contributed by atoms with Crippen molar-refractivity contribution in [2.75, 3.05) is 0 Å². The Kier molecular flexibility index (Phi) is 32.7. The summed E-state index contributed by atoms with van der Waals surface area (Å²) in [6, 6.07) is 107. The SMILES string of the molecule is CC(Br)C(=O)Oc1ccc([S+](c2ccccc2)c2ccc(C(C)(C)C)cc2)cc1.CC(Br)C(=O)Oc1ccc([S+](c2ccccc2)c2ccc(C(C)C)cc2)cc1.Cc1ccc([S+](c2ccc(C)cc2)c2ccc(OC(=O)C(C)Br)cc2)cc1.Cc1ccc([S+](c2ccccc2)c2ccc(OC(=O)C(C)Br)cc2)cc1. The third-order valence-electron chi connectivity index (χ3n) is 16.9. The minimum Gasteiger partial charge on any atom is -0.426 e. The van der Waals surface area contributed by atoms with Crippen LogP contribution in [0.25, 0.3) is 0 Å². The number of esters is 4. The van der Waals surface area contributed by atoms with E-state index >= 15 is 0 Å². The molecule has 0 bridgehead atoms. The van der Waals surface area contributed by atoms with Crippen LogP contribution in [0.3, 0.4) is 0 Å². The Morgan fingerprint density at radius 3 is 0.609 bits per heavy atom. The van der Waals surface area contributed by atoms with Crippen LogP contribution in [-0.4, -0.2) is 43.2 Å². The van der Waals surface area contributed by atoms with E-state index in [1.54, 1.807) is 27.7 Å². The molecule has 0 aliphatic heterocycles. The number of carbonyl (C=O) groups excluding carboxylic acids is 4. The summed E-state index contributed by atoms with van der Waals surface area (Å²) in [6.45, 7) is 24.4. The average molecular weight is 1800 g/mol. The van der Waals surface area contributed by atoms with Gasteiger partial charge in [-0.3, -0.25) is 19.2 Å². The first-order valence-corrected chi connectivity index (χ1v) is 44.6. The van der Waals surface area contributed by atoms with Crippen LogP contribution in [0.1, 0.15) is 96.0 Å². The summed E-state index contributed by atoms with van der Waals surface area (Å²) < 4.78 is 21.5. The van der Waals surface area contributed by atoms with E-state index in [0.717, 1.165) is 0 Å². The molecule has 0 aliphatic rings. The van der Waals surface area contributed by atoms with E-state index in [-0.39, 0.29) is 92.2 Å². The highest BCUT2D eigenvalue weighted by atomic mass is 79.9. The molecule has 564 valence electrons. The van der Waals surface area contributed by atoms with Gasteiger partial charge < -0.3 is 18.9 Å². The number of halogens is 4. The number of hydrogen-bond acceptors (Lipinski definition) is 8. The fourth-order valence-corrected chi connectivity index (χ4v) is 19.4. The van der Waals surface area contributed by atoms with Crippen molar-refractivity contribution in [1.82, 2.24) is 0 Å². The summed E-state index contributed by atoms with van der Waals surface area (Å²) in [7, 11) is -0.858. The standard InChI is InChI=1S/C25H26BrO2S.C24H24BrO2S.C23H22BrO2S.C22H20BrO2S/c1-18(26)24(27)28-20-12-16-23(17-13-20)29(21-8-6-5-7-9-21)22-14-10-19(11-15-22)25(2,3)4;1-17(2)19-9-13-22(14-10-19)28(21-7-5-4-6-8-21)23-15-11-20(12-16-23)27-24(26)18(3)25;1-16-4-10-20(11-5-16)27(21-12-6-17(2)7-13-21)22-14-8-19(9-15-22)26-23(25)18(3)24;1-16-8-12-20(13-9-16)26(19-6-4-3-5-7-19)21-14-10-18(11-15-21)25-22(24)17(2)23/h5-18H,1-4H3;4-18H,1-3H3;4-15,18H,1-3H3;3-15,17H,1-2H3/q4*+1. The molecule has 7 atom stereocenters. The third-order valence-corrected chi connectivity index (χ3v) is 27.3.